The van der Waals surface area contributed by atoms with Crippen molar-refractivity contribution in [1.29, 1.82) is 0 Å². The molecule has 0 bridgehead atoms. The average Bonchev–Trinajstić information content (AvgIpc) is 2.71. The minimum Gasteiger partial charge on any atom is -0.452 e. The molecule has 0 aromatic heterocycles. The zero-order chi connectivity index (χ0) is 22.3. The van der Waals surface area contributed by atoms with Gasteiger partial charge in [0, 0.05) is 26.7 Å². The number of nitro benzene ring substituents is 1. The summed E-state index contributed by atoms with van der Waals surface area (Å²) in [5.74, 6) is -0.752. The molecule has 0 aliphatic heterocycles. The molecule has 2 aromatic rings. The number of nitro groups is 1. The monoisotopic (exact) mass is 413 g/mol. The second-order valence-corrected chi connectivity index (χ2v) is 7.43. The normalized spacial score (nSPS) is 10.6. The highest BCUT2D eigenvalue weighted by Crippen LogP contribution is 2.27. The molecule has 160 valence electrons. The quantitative estimate of drug-likeness (QED) is 0.384. The minimum atomic E-state index is -0.789. The average molecular weight is 413 g/mol. The Hall–Kier alpha value is -3.42. The zero-order valence-corrected chi connectivity index (χ0v) is 17.7. The van der Waals surface area contributed by atoms with E-state index < -0.39 is 23.4 Å². The molecular weight excluding hydrogens is 386 g/mol. The lowest BCUT2D eigenvalue weighted by molar-refractivity contribution is -0.384. The third kappa shape index (κ3) is 6.30. The van der Waals surface area contributed by atoms with Gasteiger partial charge in [-0.15, -0.1) is 0 Å². The number of benzene rings is 2. The van der Waals surface area contributed by atoms with Gasteiger partial charge in [-0.2, -0.15) is 0 Å². The minimum absolute atomic E-state index is 0.0188. The van der Waals surface area contributed by atoms with Crippen LogP contribution in [0.1, 0.15) is 41.3 Å². The van der Waals surface area contributed by atoms with Crippen LogP contribution in [0.2, 0.25) is 0 Å². The molecule has 0 fully saturated rings. The van der Waals surface area contributed by atoms with Crippen LogP contribution >= 0.6 is 0 Å². The smallest absolute Gasteiger partial charge is 0.338 e. The highest BCUT2D eigenvalue weighted by molar-refractivity contribution is 5.93. The molecule has 30 heavy (non-hydrogen) atoms. The van der Waals surface area contributed by atoms with Crippen LogP contribution in [-0.2, 0) is 16.0 Å². The van der Waals surface area contributed by atoms with Crippen LogP contribution in [0.3, 0.4) is 0 Å². The van der Waals surface area contributed by atoms with E-state index in [-0.39, 0.29) is 11.3 Å². The number of nitrogens with one attached hydrogen (secondary N) is 1. The van der Waals surface area contributed by atoms with E-state index in [0.29, 0.717) is 24.6 Å². The Morgan fingerprint density at radius 1 is 1.13 bits per heavy atom. The van der Waals surface area contributed by atoms with Crippen molar-refractivity contribution in [2.45, 2.75) is 26.2 Å². The fraction of sp³-hybridized carbons (Fsp3) is 0.364. The van der Waals surface area contributed by atoms with Crippen LogP contribution in [0, 0.1) is 10.1 Å². The van der Waals surface area contributed by atoms with Gasteiger partial charge < -0.3 is 15.0 Å². The lowest BCUT2D eigenvalue weighted by atomic mass is 10.0. The van der Waals surface area contributed by atoms with Gasteiger partial charge in [0.2, 0.25) is 0 Å². The second kappa shape index (κ2) is 10.4. The number of hydrogen-bond donors (Lipinski definition) is 1. The van der Waals surface area contributed by atoms with Crippen molar-refractivity contribution in [3.8, 4) is 0 Å². The largest absolute Gasteiger partial charge is 0.452 e. The molecule has 0 saturated carbocycles. The van der Waals surface area contributed by atoms with E-state index in [1.165, 1.54) is 17.7 Å². The molecule has 1 N–H and O–H groups in total. The number of ether oxygens (including phenoxy) is 1. The lowest BCUT2D eigenvalue weighted by Gasteiger charge is -2.13. The van der Waals surface area contributed by atoms with Gasteiger partial charge in [0.25, 0.3) is 11.6 Å². The maximum absolute atomic E-state index is 12.1. The molecule has 0 heterocycles. The first kappa shape index (κ1) is 22.9. The van der Waals surface area contributed by atoms with Gasteiger partial charge in [-0.25, -0.2) is 4.79 Å². The Balaban J connectivity index is 1.83. The van der Waals surface area contributed by atoms with E-state index in [9.17, 15) is 19.7 Å². The number of esters is 1. The Morgan fingerprint density at radius 3 is 2.37 bits per heavy atom. The number of carbonyl (C=O) groups excluding carboxylic acids is 2. The fourth-order valence-corrected chi connectivity index (χ4v) is 2.86. The van der Waals surface area contributed by atoms with Crippen molar-refractivity contribution in [3.63, 3.8) is 0 Å². The summed E-state index contributed by atoms with van der Waals surface area (Å²) in [5.41, 5.74) is 2.54. The van der Waals surface area contributed by atoms with Crippen molar-refractivity contribution < 1.29 is 19.2 Å². The molecular formula is C22H27N3O5. The summed E-state index contributed by atoms with van der Waals surface area (Å²) in [4.78, 5) is 36.3. The highest BCUT2D eigenvalue weighted by atomic mass is 16.6. The van der Waals surface area contributed by atoms with E-state index in [2.05, 4.69) is 31.3 Å². The first-order chi connectivity index (χ1) is 14.2. The summed E-state index contributed by atoms with van der Waals surface area (Å²) in [5, 5.41) is 13.9. The van der Waals surface area contributed by atoms with Crippen molar-refractivity contribution in [2.24, 2.45) is 0 Å². The van der Waals surface area contributed by atoms with E-state index in [4.69, 9.17) is 4.74 Å². The molecule has 2 aromatic carbocycles. The maximum atomic E-state index is 12.1. The van der Waals surface area contributed by atoms with Crippen molar-refractivity contribution in [3.05, 3.63) is 69.3 Å². The van der Waals surface area contributed by atoms with Gasteiger partial charge in [-0.05, 0) is 35.6 Å². The van der Waals surface area contributed by atoms with Crippen LogP contribution in [0.4, 0.5) is 11.4 Å². The number of nitrogens with zero attached hydrogens (tertiary/aromatic N) is 2. The predicted octanol–water partition coefficient (Wildman–Crippen LogP) is 3.30. The van der Waals surface area contributed by atoms with Crippen LogP contribution in [-0.4, -0.2) is 44.0 Å². The molecule has 8 nitrogen and oxygen atoms in total. The first-order valence-corrected chi connectivity index (χ1v) is 9.67. The van der Waals surface area contributed by atoms with E-state index in [1.807, 2.05) is 12.1 Å². The molecule has 0 unspecified atom stereocenters. The number of anilines is 1. The molecule has 2 rings (SSSR count). The van der Waals surface area contributed by atoms with E-state index in [1.54, 1.807) is 19.0 Å². The number of hydrogen-bond acceptors (Lipinski definition) is 6. The van der Waals surface area contributed by atoms with Crippen LogP contribution in [0.25, 0.3) is 0 Å². The number of amides is 1. The van der Waals surface area contributed by atoms with E-state index >= 15 is 0 Å². The Kier molecular flexibility index (Phi) is 7.91. The molecule has 0 spiro atoms. The van der Waals surface area contributed by atoms with Crippen LogP contribution < -0.4 is 10.2 Å². The second-order valence-electron chi connectivity index (χ2n) is 7.43. The van der Waals surface area contributed by atoms with Crippen molar-refractivity contribution in [2.75, 3.05) is 32.1 Å². The Bertz CT molecular complexity index is 907. The molecule has 0 radical (unpaired) electrons. The fourth-order valence-electron chi connectivity index (χ4n) is 2.86. The third-order valence-corrected chi connectivity index (χ3v) is 4.61. The Morgan fingerprint density at radius 2 is 1.80 bits per heavy atom. The van der Waals surface area contributed by atoms with Gasteiger partial charge in [0.1, 0.15) is 5.69 Å². The van der Waals surface area contributed by atoms with Gasteiger partial charge in [0.05, 0.1) is 10.5 Å². The maximum Gasteiger partial charge on any atom is 0.338 e. The number of rotatable bonds is 9. The molecule has 0 aliphatic carbocycles. The summed E-state index contributed by atoms with van der Waals surface area (Å²) < 4.78 is 4.98. The van der Waals surface area contributed by atoms with Gasteiger partial charge >= 0.3 is 5.97 Å². The topological polar surface area (TPSA) is 102 Å². The molecule has 0 aliphatic rings. The summed E-state index contributed by atoms with van der Waals surface area (Å²) in [7, 11) is 3.34. The molecule has 0 atom stereocenters. The SMILES string of the molecule is CC(C)c1ccc(CCNC(=O)COC(=O)c2ccc(N(C)C)c([N+](=O)[O-])c2)cc1. The van der Waals surface area contributed by atoms with Crippen molar-refractivity contribution >= 4 is 23.3 Å². The van der Waals surface area contributed by atoms with Gasteiger partial charge in [0.15, 0.2) is 6.61 Å². The summed E-state index contributed by atoms with van der Waals surface area (Å²) in [6, 6.07) is 12.3. The standard InChI is InChI=1S/C22H27N3O5/c1-15(2)17-7-5-16(6-8-17)11-12-23-21(26)14-30-22(27)18-9-10-19(24(3)4)20(13-18)25(28)29/h5-10,13,15H,11-12,14H2,1-4H3,(H,23,26). The summed E-state index contributed by atoms with van der Waals surface area (Å²) in [6.45, 7) is 4.23. The van der Waals surface area contributed by atoms with Gasteiger partial charge in [-0.3, -0.25) is 14.9 Å². The van der Waals surface area contributed by atoms with Gasteiger partial charge in [-0.1, -0.05) is 38.1 Å². The van der Waals surface area contributed by atoms with Crippen LogP contribution in [0.15, 0.2) is 42.5 Å². The lowest BCUT2D eigenvalue weighted by Crippen LogP contribution is -2.30. The highest BCUT2D eigenvalue weighted by Gasteiger charge is 2.20. The van der Waals surface area contributed by atoms with Crippen molar-refractivity contribution in [1.82, 2.24) is 5.32 Å². The predicted molar refractivity (Wildman–Crippen MR) is 115 cm³/mol. The molecule has 8 heteroatoms. The zero-order valence-electron chi connectivity index (χ0n) is 17.7. The molecule has 0 saturated heterocycles. The molecule has 1 amide bonds. The Labute approximate surface area is 176 Å². The van der Waals surface area contributed by atoms with E-state index in [0.717, 1.165) is 11.6 Å². The first-order valence-electron chi connectivity index (χ1n) is 9.67. The number of carbonyl (C=O) groups is 2. The summed E-state index contributed by atoms with van der Waals surface area (Å²) >= 11 is 0. The van der Waals surface area contributed by atoms with Crippen LogP contribution in [0.5, 0.6) is 0 Å². The summed E-state index contributed by atoms with van der Waals surface area (Å²) in [6.07, 6.45) is 0.663. The third-order valence-electron chi connectivity index (χ3n) is 4.61.